The van der Waals surface area contributed by atoms with Crippen molar-refractivity contribution in [1.82, 2.24) is 14.5 Å². The predicted octanol–water partition coefficient (Wildman–Crippen LogP) is 3.84. The lowest BCUT2D eigenvalue weighted by molar-refractivity contribution is -0.219. The Morgan fingerprint density at radius 2 is 1.67 bits per heavy atom. The highest BCUT2D eigenvalue weighted by Crippen LogP contribution is 2.48. The molecule has 0 aliphatic carbocycles. The summed E-state index contributed by atoms with van der Waals surface area (Å²) >= 11 is 5.62. The molecule has 1 aromatic heterocycles. The minimum atomic E-state index is -5.30. The average Bonchev–Trinajstić information content (AvgIpc) is 2.99. The maximum atomic E-state index is 13.7. The Hall–Kier alpha value is -1.79. The van der Waals surface area contributed by atoms with Gasteiger partial charge in [0.1, 0.15) is 12.1 Å². The smallest absolute Gasteiger partial charge is 0.282 e. The van der Waals surface area contributed by atoms with Crippen LogP contribution in [0.25, 0.3) is 0 Å². The molecule has 13 heteroatoms. The van der Waals surface area contributed by atoms with E-state index in [0.29, 0.717) is 6.20 Å². The molecule has 0 amide bonds. The quantitative estimate of drug-likeness (QED) is 0.732. The fraction of sp³-hybridized carbons (Fsp3) is 0.357. The number of aromatic nitrogens is 2. The van der Waals surface area contributed by atoms with Crippen LogP contribution in [0.3, 0.4) is 0 Å². The first kappa shape index (κ1) is 20.0. The van der Waals surface area contributed by atoms with Crippen molar-refractivity contribution in [3.63, 3.8) is 0 Å². The van der Waals surface area contributed by atoms with Gasteiger partial charge in [0, 0.05) is 22.7 Å². The SMILES string of the molecule is O=S(=O)(c1ccc(Cl)cc1)N1C(C(F)(F)F)Cc2[nH]ncc2C1C(F)(F)F. The molecule has 2 heterocycles. The lowest BCUT2D eigenvalue weighted by Crippen LogP contribution is -2.57. The standard InChI is InChI=1S/C14H10ClF6N3O2S/c15-7-1-3-8(4-2-7)27(25,26)24-11(13(16,17)18)5-10-9(6-22-23-10)12(24)14(19,20)21/h1-4,6,11-12H,5H2,(H,22,23). The number of nitrogens with one attached hydrogen (secondary N) is 1. The molecule has 2 unspecified atom stereocenters. The summed E-state index contributed by atoms with van der Waals surface area (Å²) in [4.78, 5) is -0.734. The normalized spacial score (nSPS) is 21.9. The summed E-state index contributed by atoms with van der Waals surface area (Å²) < 4.78 is 107. The summed E-state index contributed by atoms with van der Waals surface area (Å²) in [5.41, 5.74) is -1.08. The van der Waals surface area contributed by atoms with Gasteiger partial charge in [0.25, 0.3) is 0 Å². The van der Waals surface area contributed by atoms with E-state index in [1.54, 1.807) is 0 Å². The van der Waals surface area contributed by atoms with Gasteiger partial charge in [-0.2, -0.15) is 35.7 Å². The van der Waals surface area contributed by atoms with Crippen LogP contribution >= 0.6 is 11.6 Å². The van der Waals surface area contributed by atoms with E-state index in [1.165, 1.54) is 0 Å². The van der Waals surface area contributed by atoms with Crippen LogP contribution < -0.4 is 0 Å². The molecule has 0 spiro atoms. The van der Waals surface area contributed by atoms with E-state index in [9.17, 15) is 34.8 Å². The number of halogens is 7. The van der Waals surface area contributed by atoms with Gasteiger partial charge < -0.3 is 0 Å². The predicted molar refractivity (Wildman–Crippen MR) is 81.4 cm³/mol. The molecule has 0 bridgehead atoms. The zero-order chi connectivity index (χ0) is 20.2. The second-order valence-electron chi connectivity index (χ2n) is 5.80. The molecule has 2 aromatic rings. The van der Waals surface area contributed by atoms with Gasteiger partial charge in [0.15, 0.2) is 0 Å². The van der Waals surface area contributed by atoms with Crippen LogP contribution in [-0.4, -0.2) is 41.3 Å². The van der Waals surface area contributed by atoms with Crippen LogP contribution in [-0.2, 0) is 16.4 Å². The second kappa shape index (κ2) is 6.38. The monoisotopic (exact) mass is 433 g/mol. The lowest BCUT2D eigenvalue weighted by atomic mass is 9.95. The number of fused-ring (bicyclic) bond motifs is 1. The molecule has 1 aromatic carbocycles. The molecule has 0 fully saturated rings. The Morgan fingerprint density at radius 1 is 1.07 bits per heavy atom. The zero-order valence-corrected chi connectivity index (χ0v) is 14.6. The van der Waals surface area contributed by atoms with Crippen LogP contribution in [0.4, 0.5) is 26.3 Å². The number of aromatic amines is 1. The van der Waals surface area contributed by atoms with Crippen molar-refractivity contribution in [2.45, 2.75) is 35.8 Å². The highest BCUT2D eigenvalue weighted by molar-refractivity contribution is 7.89. The van der Waals surface area contributed by atoms with Gasteiger partial charge in [-0.15, -0.1) is 0 Å². The molecule has 0 saturated carbocycles. The summed E-state index contributed by atoms with van der Waals surface area (Å²) in [6.07, 6.45) is -10.9. The van der Waals surface area contributed by atoms with E-state index < -0.39 is 61.3 Å². The molecule has 5 nitrogen and oxygen atoms in total. The third-order valence-electron chi connectivity index (χ3n) is 4.08. The Labute approximate surface area is 154 Å². The van der Waals surface area contributed by atoms with Gasteiger partial charge in [-0.3, -0.25) is 5.10 Å². The van der Waals surface area contributed by atoms with E-state index >= 15 is 0 Å². The Morgan fingerprint density at radius 3 is 2.19 bits per heavy atom. The Bertz CT molecular complexity index is 939. The van der Waals surface area contributed by atoms with Gasteiger partial charge >= 0.3 is 12.4 Å². The molecule has 2 atom stereocenters. The lowest BCUT2D eigenvalue weighted by Gasteiger charge is -2.41. The molecular weight excluding hydrogens is 424 g/mol. The number of rotatable bonds is 2. The maximum Gasteiger partial charge on any atom is 0.409 e. The molecule has 3 rings (SSSR count). The molecule has 1 N–H and O–H groups in total. The third kappa shape index (κ3) is 3.52. The van der Waals surface area contributed by atoms with Crippen molar-refractivity contribution in [3.8, 4) is 0 Å². The van der Waals surface area contributed by atoms with E-state index in [4.69, 9.17) is 11.6 Å². The van der Waals surface area contributed by atoms with Gasteiger partial charge in [-0.1, -0.05) is 11.6 Å². The molecule has 1 aliphatic heterocycles. The minimum Gasteiger partial charge on any atom is -0.282 e. The highest BCUT2D eigenvalue weighted by atomic mass is 35.5. The van der Waals surface area contributed by atoms with E-state index in [2.05, 4.69) is 10.2 Å². The van der Waals surface area contributed by atoms with Crippen molar-refractivity contribution in [2.24, 2.45) is 0 Å². The van der Waals surface area contributed by atoms with Crippen LogP contribution in [0, 0.1) is 0 Å². The summed E-state index contributed by atoms with van der Waals surface area (Å²) in [7, 11) is -5.17. The van der Waals surface area contributed by atoms with Crippen LogP contribution in [0.15, 0.2) is 35.4 Å². The van der Waals surface area contributed by atoms with Gasteiger partial charge in [0.05, 0.1) is 11.1 Å². The molecular formula is C14H10ClF6N3O2S. The van der Waals surface area contributed by atoms with Gasteiger partial charge in [-0.05, 0) is 24.3 Å². The van der Waals surface area contributed by atoms with Crippen molar-refractivity contribution in [2.75, 3.05) is 0 Å². The van der Waals surface area contributed by atoms with Crippen molar-refractivity contribution >= 4 is 21.6 Å². The zero-order valence-electron chi connectivity index (χ0n) is 13.0. The van der Waals surface area contributed by atoms with Crippen molar-refractivity contribution in [3.05, 3.63) is 46.7 Å². The Balaban J connectivity index is 2.25. The molecule has 1 aliphatic rings. The molecule has 148 valence electrons. The largest absolute Gasteiger partial charge is 0.409 e. The molecule has 27 heavy (non-hydrogen) atoms. The maximum absolute atomic E-state index is 13.7. The van der Waals surface area contributed by atoms with Crippen LogP contribution in [0.1, 0.15) is 17.3 Å². The fourth-order valence-corrected chi connectivity index (χ4v) is 4.83. The number of benzene rings is 1. The van der Waals surface area contributed by atoms with E-state index in [-0.39, 0.29) is 5.02 Å². The first-order chi connectivity index (χ1) is 12.3. The topological polar surface area (TPSA) is 66.1 Å². The van der Waals surface area contributed by atoms with E-state index in [0.717, 1.165) is 24.3 Å². The number of H-pyrrole nitrogens is 1. The fourth-order valence-electron chi connectivity index (χ4n) is 2.94. The number of hydrogen-bond donors (Lipinski definition) is 1. The number of alkyl halides is 6. The number of sulfonamides is 1. The second-order valence-corrected chi connectivity index (χ2v) is 8.08. The first-order valence-electron chi connectivity index (χ1n) is 7.28. The summed E-state index contributed by atoms with van der Waals surface area (Å²) in [5, 5.41) is 5.52. The third-order valence-corrected chi connectivity index (χ3v) is 6.22. The first-order valence-corrected chi connectivity index (χ1v) is 9.10. The highest BCUT2D eigenvalue weighted by Gasteiger charge is 2.61. The average molecular weight is 434 g/mol. The Kier molecular flexibility index (Phi) is 4.72. The summed E-state index contributed by atoms with van der Waals surface area (Å²) in [6, 6.07) is -2.13. The van der Waals surface area contributed by atoms with Crippen LogP contribution in [0.2, 0.25) is 5.02 Å². The minimum absolute atomic E-state index is 0.0736. The van der Waals surface area contributed by atoms with Crippen molar-refractivity contribution < 1.29 is 34.8 Å². The molecule has 0 saturated heterocycles. The number of hydrogen-bond acceptors (Lipinski definition) is 3. The van der Waals surface area contributed by atoms with Gasteiger partial charge in [-0.25, -0.2) is 8.42 Å². The van der Waals surface area contributed by atoms with Crippen molar-refractivity contribution in [1.29, 1.82) is 0 Å². The van der Waals surface area contributed by atoms with Crippen LogP contribution in [0.5, 0.6) is 0 Å². The van der Waals surface area contributed by atoms with E-state index in [1.807, 2.05) is 0 Å². The number of nitrogens with zero attached hydrogens (tertiary/aromatic N) is 2. The molecule has 0 radical (unpaired) electrons. The summed E-state index contributed by atoms with van der Waals surface area (Å²) in [5.74, 6) is 0. The summed E-state index contributed by atoms with van der Waals surface area (Å²) in [6.45, 7) is 0. The van der Waals surface area contributed by atoms with Gasteiger partial charge in [0.2, 0.25) is 10.0 Å².